The summed E-state index contributed by atoms with van der Waals surface area (Å²) in [5.41, 5.74) is 7.49. The fourth-order valence-corrected chi connectivity index (χ4v) is 3.19. The molecule has 0 fully saturated rings. The smallest absolute Gasteiger partial charge is 0.225 e. The average Bonchev–Trinajstić information content (AvgIpc) is 3.10. The minimum absolute atomic E-state index is 0.0130. The van der Waals surface area contributed by atoms with E-state index in [-0.39, 0.29) is 28.7 Å². The molecule has 0 amide bonds. The number of anilines is 2. The van der Waals surface area contributed by atoms with E-state index in [4.69, 9.17) is 10.5 Å². The normalized spacial score (nSPS) is 11.3. The van der Waals surface area contributed by atoms with Gasteiger partial charge in [-0.3, -0.25) is 0 Å². The van der Waals surface area contributed by atoms with Gasteiger partial charge in [0.05, 0.1) is 23.9 Å². The number of ether oxygens (including phenoxy) is 1. The topological polar surface area (TPSA) is 90.9 Å². The summed E-state index contributed by atoms with van der Waals surface area (Å²) in [6, 6.07) is 11.1. The van der Waals surface area contributed by atoms with Gasteiger partial charge in [0, 0.05) is 12.1 Å². The van der Waals surface area contributed by atoms with E-state index in [1.165, 1.54) is 16.8 Å². The second-order valence-corrected chi connectivity index (χ2v) is 7.47. The van der Waals surface area contributed by atoms with Gasteiger partial charge >= 0.3 is 0 Å². The van der Waals surface area contributed by atoms with Crippen molar-refractivity contribution >= 4 is 22.8 Å². The quantitative estimate of drug-likeness (QED) is 0.476. The highest BCUT2D eigenvalue weighted by Gasteiger charge is 2.22. The molecule has 9 heteroatoms. The lowest BCUT2D eigenvalue weighted by atomic mass is 10.1. The van der Waals surface area contributed by atoms with E-state index in [9.17, 15) is 8.78 Å². The number of methoxy groups -OCH3 is 1. The molecule has 0 saturated heterocycles. The number of hydrogen-bond donors (Lipinski definition) is 2. The number of benzene rings is 2. The van der Waals surface area contributed by atoms with Crippen LogP contribution in [0.15, 0.2) is 42.5 Å². The average molecular weight is 424 g/mol. The molecule has 0 aliphatic heterocycles. The highest BCUT2D eigenvalue weighted by Crippen LogP contribution is 2.34. The maximum atomic E-state index is 14.7. The molecule has 2 aromatic carbocycles. The molecule has 4 rings (SSSR count). The predicted octanol–water partition coefficient (Wildman–Crippen LogP) is 4.42. The number of rotatable bonds is 6. The van der Waals surface area contributed by atoms with Crippen molar-refractivity contribution in [2.45, 2.75) is 13.8 Å². The van der Waals surface area contributed by atoms with Crippen LogP contribution in [0, 0.1) is 17.6 Å². The number of hydrogen-bond acceptors (Lipinski definition) is 6. The Morgan fingerprint density at radius 1 is 1.10 bits per heavy atom. The van der Waals surface area contributed by atoms with Crippen molar-refractivity contribution in [3.63, 3.8) is 0 Å². The Morgan fingerprint density at radius 2 is 1.84 bits per heavy atom. The minimum atomic E-state index is -1.01. The standard InChI is InChI=1S/C22H22F2N6O/c1-12(2)11-26-22-27-19(15-5-4-6-16(23)18(15)24)17-20(25)30(29-21(17)28-22)13-7-9-14(31-3)10-8-13/h4-10,12H,11,25H2,1-3H3,(H,26,28,29). The van der Waals surface area contributed by atoms with Gasteiger partial charge in [-0.2, -0.15) is 4.98 Å². The summed E-state index contributed by atoms with van der Waals surface area (Å²) >= 11 is 0. The lowest BCUT2D eigenvalue weighted by Crippen LogP contribution is -2.11. The lowest BCUT2D eigenvalue weighted by Gasteiger charge is -2.10. The van der Waals surface area contributed by atoms with E-state index in [2.05, 4.69) is 20.4 Å². The molecule has 0 bridgehead atoms. The first kappa shape index (κ1) is 20.5. The third-order valence-corrected chi connectivity index (χ3v) is 4.76. The number of fused-ring (bicyclic) bond motifs is 1. The largest absolute Gasteiger partial charge is 0.497 e. The molecular formula is C22H22F2N6O. The van der Waals surface area contributed by atoms with Gasteiger partial charge in [-0.1, -0.05) is 19.9 Å². The van der Waals surface area contributed by atoms with Gasteiger partial charge in [-0.05, 0) is 42.3 Å². The molecule has 160 valence electrons. The molecule has 0 saturated carbocycles. The fraction of sp³-hybridized carbons (Fsp3) is 0.227. The summed E-state index contributed by atoms with van der Waals surface area (Å²) in [5.74, 6) is -0.485. The first-order chi connectivity index (χ1) is 14.9. The Morgan fingerprint density at radius 3 is 2.52 bits per heavy atom. The number of aromatic nitrogens is 4. The summed E-state index contributed by atoms with van der Waals surface area (Å²) in [5, 5.41) is 7.97. The molecule has 0 atom stereocenters. The van der Waals surface area contributed by atoms with E-state index in [1.54, 1.807) is 31.4 Å². The summed E-state index contributed by atoms with van der Waals surface area (Å²) in [4.78, 5) is 8.91. The number of halogens is 2. The summed E-state index contributed by atoms with van der Waals surface area (Å²) in [7, 11) is 1.58. The highest BCUT2D eigenvalue weighted by atomic mass is 19.2. The third-order valence-electron chi connectivity index (χ3n) is 4.76. The second kappa shape index (κ2) is 8.17. The molecule has 0 aliphatic carbocycles. The first-order valence-electron chi connectivity index (χ1n) is 9.78. The Balaban J connectivity index is 1.94. The molecule has 2 aromatic heterocycles. The molecular weight excluding hydrogens is 402 g/mol. The van der Waals surface area contributed by atoms with E-state index < -0.39 is 11.6 Å². The van der Waals surface area contributed by atoms with Crippen LogP contribution < -0.4 is 15.8 Å². The Bertz CT molecular complexity index is 1240. The molecule has 0 spiro atoms. The van der Waals surface area contributed by atoms with Crippen molar-refractivity contribution < 1.29 is 13.5 Å². The van der Waals surface area contributed by atoms with Crippen LogP contribution in [0.4, 0.5) is 20.5 Å². The van der Waals surface area contributed by atoms with E-state index in [0.717, 1.165) is 6.07 Å². The van der Waals surface area contributed by atoms with Crippen LogP contribution in [0.1, 0.15) is 13.8 Å². The zero-order chi connectivity index (χ0) is 22.1. The SMILES string of the molecule is COc1ccc(-n2nc3nc(NCC(C)C)nc(-c4cccc(F)c4F)c3c2N)cc1. The monoisotopic (exact) mass is 424 g/mol. The van der Waals surface area contributed by atoms with Gasteiger partial charge < -0.3 is 15.8 Å². The van der Waals surface area contributed by atoms with Crippen molar-refractivity contribution in [2.75, 3.05) is 24.7 Å². The second-order valence-electron chi connectivity index (χ2n) is 7.47. The zero-order valence-corrected chi connectivity index (χ0v) is 17.4. The molecule has 7 nitrogen and oxygen atoms in total. The zero-order valence-electron chi connectivity index (χ0n) is 17.4. The minimum Gasteiger partial charge on any atom is -0.497 e. The predicted molar refractivity (Wildman–Crippen MR) is 116 cm³/mol. The number of nitrogens with zero attached hydrogens (tertiary/aromatic N) is 4. The van der Waals surface area contributed by atoms with Crippen LogP contribution in [0.2, 0.25) is 0 Å². The van der Waals surface area contributed by atoms with Crippen LogP contribution in [-0.4, -0.2) is 33.4 Å². The van der Waals surface area contributed by atoms with E-state index in [0.29, 0.717) is 29.3 Å². The van der Waals surface area contributed by atoms with Crippen LogP contribution in [0.25, 0.3) is 28.0 Å². The molecule has 4 aromatic rings. The van der Waals surface area contributed by atoms with Gasteiger partial charge in [-0.25, -0.2) is 18.4 Å². The van der Waals surface area contributed by atoms with Gasteiger partial charge in [0.2, 0.25) is 5.95 Å². The lowest BCUT2D eigenvalue weighted by molar-refractivity contribution is 0.414. The van der Waals surface area contributed by atoms with Crippen molar-refractivity contribution in [2.24, 2.45) is 5.92 Å². The van der Waals surface area contributed by atoms with Crippen LogP contribution in [-0.2, 0) is 0 Å². The molecule has 3 N–H and O–H groups in total. The first-order valence-corrected chi connectivity index (χ1v) is 9.78. The number of nitrogens with one attached hydrogen (secondary N) is 1. The van der Waals surface area contributed by atoms with Crippen LogP contribution >= 0.6 is 0 Å². The van der Waals surface area contributed by atoms with Gasteiger partial charge in [-0.15, -0.1) is 5.10 Å². The van der Waals surface area contributed by atoms with Crippen molar-refractivity contribution in [1.29, 1.82) is 0 Å². The molecule has 0 unspecified atom stereocenters. The Kier molecular flexibility index (Phi) is 5.41. The number of nitrogen functional groups attached to an aromatic ring is 1. The maximum absolute atomic E-state index is 14.7. The summed E-state index contributed by atoms with van der Waals surface area (Å²) in [6.07, 6.45) is 0. The summed E-state index contributed by atoms with van der Waals surface area (Å²) in [6.45, 7) is 4.68. The van der Waals surface area contributed by atoms with E-state index in [1.807, 2.05) is 13.8 Å². The van der Waals surface area contributed by atoms with Crippen molar-refractivity contribution in [3.8, 4) is 22.7 Å². The van der Waals surface area contributed by atoms with E-state index >= 15 is 0 Å². The summed E-state index contributed by atoms with van der Waals surface area (Å²) < 4.78 is 35.3. The van der Waals surface area contributed by atoms with Gasteiger partial charge in [0.25, 0.3) is 0 Å². The van der Waals surface area contributed by atoms with Crippen LogP contribution in [0.3, 0.4) is 0 Å². The van der Waals surface area contributed by atoms with Crippen LogP contribution in [0.5, 0.6) is 5.75 Å². The molecule has 0 radical (unpaired) electrons. The number of nitrogens with two attached hydrogens (primary N) is 1. The van der Waals surface area contributed by atoms with Gasteiger partial charge in [0.15, 0.2) is 17.3 Å². The Hall–Kier alpha value is -3.75. The van der Waals surface area contributed by atoms with Gasteiger partial charge in [0.1, 0.15) is 11.6 Å². The molecule has 0 aliphatic rings. The third kappa shape index (κ3) is 3.86. The Labute approximate surface area is 177 Å². The molecule has 31 heavy (non-hydrogen) atoms. The maximum Gasteiger partial charge on any atom is 0.225 e. The highest BCUT2D eigenvalue weighted by molar-refractivity contribution is 5.99. The van der Waals surface area contributed by atoms with Crippen molar-refractivity contribution in [3.05, 3.63) is 54.1 Å². The van der Waals surface area contributed by atoms with Crippen molar-refractivity contribution in [1.82, 2.24) is 19.7 Å². The molecule has 2 heterocycles. The fourth-order valence-electron chi connectivity index (χ4n) is 3.19.